The smallest absolute Gasteiger partial charge is 0.274 e. The molecule has 0 aromatic rings. The van der Waals surface area contributed by atoms with Crippen molar-refractivity contribution in [2.24, 2.45) is 11.8 Å². The third kappa shape index (κ3) is 6.12. The van der Waals surface area contributed by atoms with Gasteiger partial charge in [-0.25, -0.2) is 0 Å². The van der Waals surface area contributed by atoms with Crippen LogP contribution in [0.15, 0.2) is 23.8 Å². The Bertz CT molecular complexity index is 494. The van der Waals surface area contributed by atoms with Crippen LogP contribution >= 0.6 is 0 Å². The zero-order chi connectivity index (χ0) is 16.1. The minimum Gasteiger partial charge on any atom is -0.285 e. The zero-order valence-electron chi connectivity index (χ0n) is 14.8. The fraction of sp³-hybridized carbons (Fsp3) is 0.765. The van der Waals surface area contributed by atoms with Crippen molar-refractivity contribution < 1.29 is 13.0 Å². The molecular weight excluding hydrogens is 307 g/mol. The molecule has 3 nitrogen and oxygen atoms in total. The molecule has 5 heteroatoms. The fourth-order valence-electron chi connectivity index (χ4n) is 2.86. The molecule has 1 aliphatic carbocycles. The fourth-order valence-corrected chi connectivity index (χ4v) is 3.71. The van der Waals surface area contributed by atoms with Gasteiger partial charge in [0.15, 0.2) is 0 Å². The molecule has 0 aromatic heterocycles. The summed E-state index contributed by atoms with van der Waals surface area (Å²) in [6.07, 6.45) is 12.3. The molecule has 1 rings (SSSR count). The van der Waals surface area contributed by atoms with Gasteiger partial charge in [-0.05, 0) is 25.7 Å². The summed E-state index contributed by atoms with van der Waals surface area (Å²) in [5.41, 5.74) is 1.13. The maximum absolute atomic E-state index is 11.6. The predicted molar refractivity (Wildman–Crippen MR) is 94.6 cm³/mol. The van der Waals surface area contributed by atoms with Crippen molar-refractivity contribution in [2.75, 3.05) is 0 Å². The van der Waals surface area contributed by atoms with Gasteiger partial charge >= 0.3 is 0 Å². The molecule has 1 aliphatic rings. The van der Waals surface area contributed by atoms with Gasteiger partial charge in [0.2, 0.25) is 0 Å². The largest absolute Gasteiger partial charge is 0.285 e. The second kappa shape index (κ2) is 9.63. The quantitative estimate of drug-likeness (QED) is 0.406. The van der Waals surface area contributed by atoms with Gasteiger partial charge in [-0.3, -0.25) is 4.55 Å². The Labute approximate surface area is 158 Å². The van der Waals surface area contributed by atoms with Crippen LogP contribution in [-0.2, 0) is 10.1 Å². The molecular formula is C17H30NaO3S. The minimum absolute atomic E-state index is 0. The summed E-state index contributed by atoms with van der Waals surface area (Å²) in [5, 5.41) is 0. The second-order valence-corrected chi connectivity index (χ2v) is 8.66. The molecule has 0 amide bonds. The van der Waals surface area contributed by atoms with Crippen LogP contribution in [0.2, 0.25) is 0 Å². The van der Waals surface area contributed by atoms with Crippen LogP contribution in [-0.4, -0.2) is 47.3 Å². The average molecular weight is 337 g/mol. The number of rotatable bonds is 8. The third-order valence-corrected chi connectivity index (χ3v) is 6.31. The van der Waals surface area contributed by atoms with E-state index >= 15 is 0 Å². The summed E-state index contributed by atoms with van der Waals surface area (Å²) >= 11 is 0. The molecule has 1 N–H and O–H groups in total. The first-order chi connectivity index (χ1) is 9.68. The van der Waals surface area contributed by atoms with E-state index in [-0.39, 0.29) is 35.5 Å². The normalized spacial score (nSPS) is 25.0. The topological polar surface area (TPSA) is 54.4 Å². The maximum atomic E-state index is 11.6. The third-order valence-electron chi connectivity index (χ3n) is 4.71. The van der Waals surface area contributed by atoms with Gasteiger partial charge in [-0.1, -0.05) is 70.3 Å². The van der Waals surface area contributed by atoms with Crippen LogP contribution in [0, 0.1) is 11.8 Å². The van der Waals surface area contributed by atoms with E-state index in [1.807, 2.05) is 13.0 Å². The molecule has 0 spiro atoms. The summed E-state index contributed by atoms with van der Waals surface area (Å²) in [6.45, 7) is 7.98. The van der Waals surface area contributed by atoms with E-state index in [2.05, 4.69) is 13.8 Å². The summed E-state index contributed by atoms with van der Waals surface area (Å²) in [4.78, 5) is 0. The van der Waals surface area contributed by atoms with E-state index in [0.29, 0.717) is 0 Å². The SMILES string of the molecule is CC(C)CCCCCCC1=CC=CC(C)(S(=O)(=O)O)C1C.[Na]. The number of allylic oxidation sites excluding steroid dienone is 3. The van der Waals surface area contributed by atoms with E-state index in [0.717, 1.165) is 24.3 Å². The molecule has 0 bridgehead atoms. The molecule has 2 unspecified atom stereocenters. The van der Waals surface area contributed by atoms with Gasteiger partial charge in [0.05, 0.1) is 0 Å². The number of unbranched alkanes of at least 4 members (excludes halogenated alkanes) is 3. The van der Waals surface area contributed by atoms with Crippen LogP contribution < -0.4 is 0 Å². The zero-order valence-corrected chi connectivity index (χ0v) is 17.6. The summed E-state index contributed by atoms with van der Waals surface area (Å²) in [6, 6.07) is 0. The van der Waals surface area contributed by atoms with Crippen LogP contribution in [0.25, 0.3) is 0 Å². The van der Waals surface area contributed by atoms with Crippen molar-refractivity contribution in [3.05, 3.63) is 23.8 Å². The van der Waals surface area contributed by atoms with Gasteiger partial charge in [-0.15, -0.1) is 0 Å². The van der Waals surface area contributed by atoms with Crippen molar-refractivity contribution in [1.82, 2.24) is 0 Å². The van der Waals surface area contributed by atoms with E-state index in [4.69, 9.17) is 0 Å². The molecule has 0 saturated carbocycles. The molecule has 0 aliphatic heterocycles. The van der Waals surface area contributed by atoms with Gasteiger partial charge in [0, 0.05) is 35.5 Å². The Morgan fingerprint density at radius 1 is 1.23 bits per heavy atom. The summed E-state index contributed by atoms with van der Waals surface area (Å²) in [5.74, 6) is 0.597. The first-order valence-electron chi connectivity index (χ1n) is 8.04. The van der Waals surface area contributed by atoms with Crippen molar-refractivity contribution in [2.45, 2.75) is 71.0 Å². The Morgan fingerprint density at radius 2 is 1.82 bits per heavy atom. The van der Waals surface area contributed by atoms with E-state index in [1.165, 1.54) is 25.7 Å². The van der Waals surface area contributed by atoms with Crippen LogP contribution in [0.4, 0.5) is 0 Å². The minimum atomic E-state index is -4.08. The molecule has 0 heterocycles. The van der Waals surface area contributed by atoms with Gasteiger partial charge < -0.3 is 0 Å². The Morgan fingerprint density at radius 3 is 2.36 bits per heavy atom. The van der Waals surface area contributed by atoms with E-state index in [1.54, 1.807) is 19.1 Å². The van der Waals surface area contributed by atoms with Crippen molar-refractivity contribution in [3.63, 3.8) is 0 Å². The first-order valence-corrected chi connectivity index (χ1v) is 9.48. The van der Waals surface area contributed by atoms with E-state index in [9.17, 15) is 13.0 Å². The van der Waals surface area contributed by atoms with Crippen LogP contribution in [0.5, 0.6) is 0 Å². The Hall–Kier alpha value is 0.390. The van der Waals surface area contributed by atoms with Gasteiger partial charge in [0.1, 0.15) is 4.75 Å². The Balaban J connectivity index is 0.00000441. The van der Waals surface area contributed by atoms with Gasteiger partial charge in [0.25, 0.3) is 10.1 Å². The van der Waals surface area contributed by atoms with Crippen molar-refractivity contribution in [3.8, 4) is 0 Å². The number of hydrogen-bond donors (Lipinski definition) is 1. The summed E-state index contributed by atoms with van der Waals surface area (Å²) in [7, 11) is -4.08. The van der Waals surface area contributed by atoms with E-state index < -0.39 is 14.9 Å². The molecule has 0 aromatic carbocycles. The second-order valence-electron chi connectivity index (χ2n) is 6.83. The van der Waals surface area contributed by atoms with Crippen LogP contribution in [0.3, 0.4) is 0 Å². The predicted octanol–water partition coefficient (Wildman–Crippen LogP) is 4.38. The van der Waals surface area contributed by atoms with Crippen LogP contribution in [0.1, 0.15) is 66.2 Å². The van der Waals surface area contributed by atoms with Gasteiger partial charge in [-0.2, -0.15) is 8.42 Å². The molecule has 0 saturated heterocycles. The monoisotopic (exact) mass is 337 g/mol. The van der Waals surface area contributed by atoms with Crippen molar-refractivity contribution in [1.29, 1.82) is 0 Å². The first kappa shape index (κ1) is 22.4. The standard InChI is InChI=1S/C17H30O3S.Na/c1-14(2)10-7-5-6-8-11-16-12-9-13-17(4,15(16)3)21(18,19)20;/h9,12-15H,5-8,10-11H2,1-4H3,(H,18,19,20);. The Kier molecular flexibility index (Phi) is 9.80. The molecule has 1 radical (unpaired) electrons. The maximum Gasteiger partial charge on any atom is 0.274 e. The molecule has 123 valence electrons. The molecule has 22 heavy (non-hydrogen) atoms. The molecule has 2 atom stereocenters. The average Bonchev–Trinajstić information content (AvgIpc) is 2.36. The molecule has 0 fully saturated rings. The van der Waals surface area contributed by atoms with Crippen molar-refractivity contribution >= 4 is 39.7 Å². The summed E-state index contributed by atoms with van der Waals surface area (Å²) < 4.78 is 31.5. The number of hydrogen-bond acceptors (Lipinski definition) is 2.